The summed E-state index contributed by atoms with van der Waals surface area (Å²) in [6.07, 6.45) is 1.15. The molecule has 0 atom stereocenters. The van der Waals surface area contributed by atoms with Crippen LogP contribution in [-0.2, 0) is 0 Å². The molecule has 0 saturated carbocycles. The molecule has 0 unspecified atom stereocenters. The molecule has 1 N–H and O–H groups in total. The van der Waals surface area contributed by atoms with Gasteiger partial charge in [-0.15, -0.1) is 0 Å². The van der Waals surface area contributed by atoms with E-state index >= 15 is 0 Å². The molecule has 0 aliphatic heterocycles. The lowest BCUT2D eigenvalue weighted by molar-refractivity contribution is -0.384. The minimum absolute atomic E-state index is 0.0381. The number of nitro groups is 1. The monoisotopic (exact) mass is 313 g/mol. The third-order valence-corrected chi connectivity index (χ3v) is 3.45. The summed E-state index contributed by atoms with van der Waals surface area (Å²) in [6, 6.07) is 8.29. The summed E-state index contributed by atoms with van der Waals surface area (Å²) >= 11 is 0. The Morgan fingerprint density at radius 2 is 1.96 bits per heavy atom. The van der Waals surface area contributed by atoms with Gasteiger partial charge in [0.15, 0.2) is 0 Å². The summed E-state index contributed by atoms with van der Waals surface area (Å²) in [7, 11) is 1.40. The van der Waals surface area contributed by atoms with Gasteiger partial charge in [-0.1, -0.05) is 0 Å². The Labute approximate surface area is 129 Å². The van der Waals surface area contributed by atoms with E-state index in [1.807, 2.05) is 0 Å². The minimum atomic E-state index is -0.585. The SMILES string of the molecule is COc1ccc(-c2coc3cc(O)ccc3c2=O)c([N+](=O)[O-])c1. The van der Waals surface area contributed by atoms with E-state index in [-0.39, 0.29) is 33.5 Å². The molecule has 0 aliphatic carbocycles. The van der Waals surface area contributed by atoms with Crippen LogP contribution >= 0.6 is 0 Å². The molecule has 116 valence electrons. The lowest BCUT2D eigenvalue weighted by Crippen LogP contribution is -2.06. The fourth-order valence-electron chi connectivity index (χ4n) is 2.32. The van der Waals surface area contributed by atoms with Crippen molar-refractivity contribution < 1.29 is 19.2 Å². The Morgan fingerprint density at radius 1 is 1.17 bits per heavy atom. The van der Waals surface area contributed by atoms with Crippen molar-refractivity contribution in [2.45, 2.75) is 0 Å². The van der Waals surface area contributed by atoms with Gasteiger partial charge in [-0.3, -0.25) is 14.9 Å². The zero-order valence-electron chi connectivity index (χ0n) is 12.0. The van der Waals surface area contributed by atoms with Gasteiger partial charge in [0.1, 0.15) is 23.3 Å². The van der Waals surface area contributed by atoms with Crippen molar-refractivity contribution in [1.29, 1.82) is 0 Å². The van der Waals surface area contributed by atoms with E-state index in [9.17, 15) is 20.0 Å². The molecule has 0 aliphatic rings. The van der Waals surface area contributed by atoms with Gasteiger partial charge in [-0.25, -0.2) is 0 Å². The van der Waals surface area contributed by atoms with Crippen molar-refractivity contribution in [3.8, 4) is 22.6 Å². The number of phenols is 1. The first-order valence-corrected chi connectivity index (χ1v) is 6.58. The van der Waals surface area contributed by atoms with Crippen molar-refractivity contribution in [2.75, 3.05) is 7.11 Å². The number of fused-ring (bicyclic) bond motifs is 1. The Kier molecular flexibility index (Phi) is 3.46. The van der Waals surface area contributed by atoms with Gasteiger partial charge in [0.2, 0.25) is 5.43 Å². The smallest absolute Gasteiger partial charge is 0.281 e. The minimum Gasteiger partial charge on any atom is -0.508 e. The molecule has 3 aromatic rings. The summed E-state index contributed by atoms with van der Waals surface area (Å²) in [6.45, 7) is 0. The predicted octanol–water partition coefficient (Wildman–Crippen LogP) is 3.08. The standard InChI is InChI=1S/C16H11NO6/c1-22-10-3-5-11(14(7-10)17(20)21)13-8-23-15-6-9(18)2-4-12(15)16(13)19/h2-8,18H,1H3. The van der Waals surface area contributed by atoms with Crippen LogP contribution < -0.4 is 10.2 Å². The number of nitrogens with zero attached hydrogens (tertiary/aromatic N) is 1. The Hall–Kier alpha value is -3.35. The lowest BCUT2D eigenvalue weighted by Gasteiger charge is -2.06. The third-order valence-electron chi connectivity index (χ3n) is 3.45. The van der Waals surface area contributed by atoms with E-state index in [1.54, 1.807) is 0 Å². The van der Waals surface area contributed by atoms with Gasteiger partial charge in [0, 0.05) is 6.07 Å². The molecule has 0 amide bonds. The van der Waals surface area contributed by atoms with Gasteiger partial charge in [0.05, 0.1) is 34.6 Å². The van der Waals surface area contributed by atoms with Crippen LogP contribution in [0.5, 0.6) is 11.5 Å². The fourth-order valence-corrected chi connectivity index (χ4v) is 2.32. The normalized spacial score (nSPS) is 10.7. The molecule has 0 saturated heterocycles. The molecule has 0 radical (unpaired) electrons. The van der Waals surface area contributed by atoms with E-state index in [1.165, 1.54) is 43.5 Å². The first-order valence-electron chi connectivity index (χ1n) is 6.58. The molecule has 3 rings (SSSR count). The Bertz CT molecular complexity index is 976. The lowest BCUT2D eigenvalue weighted by atomic mass is 10.0. The highest BCUT2D eigenvalue weighted by molar-refractivity contribution is 5.84. The highest BCUT2D eigenvalue weighted by Crippen LogP contribution is 2.32. The molecule has 1 aromatic heterocycles. The number of rotatable bonds is 3. The molecular formula is C16H11NO6. The molecule has 7 nitrogen and oxygen atoms in total. The number of phenolic OH excluding ortho intramolecular Hbond substituents is 1. The molecule has 1 heterocycles. The maximum atomic E-state index is 12.6. The quantitative estimate of drug-likeness (QED) is 0.588. The van der Waals surface area contributed by atoms with Crippen LogP contribution in [0.3, 0.4) is 0 Å². The molecule has 0 fully saturated rings. The average Bonchev–Trinajstić information content (AvgIpc) is 2.54. The highest BCUT2D eigenvalue weighted by Gasteiger charge is 2.20. The number of hydrogen-bond donors (Lipinski definition) is 1. The molecule has 0 bridgehead atoms. The molecule has 23 heavy (non-hydrogen) atoms. The third kappa shape index (κ3) is 2.48. The first kappa shape index (κ1) is 14.6. The second-order valence-electron chi connectivity index (χ2n) is 4.80. The second-order valence-corrected chi connectivity index (χ2v) is 4.80. The summed E-state index contributed by atoms with van der Waals surface area (Å²) in [5.74, 6) is 0.277. The zero-order valence-corrected chi connectivity index (χ0v) is 12.0. The number of methoxy groups -OCH3 is 1. The summed E-state index contributed by atoms with van der Waals surface area (Å²) in [4.78, 5) is 23.3. The number of benzene rings is 2. The number of nitro benzene ring substituents is 1. The van der Waals surface area contributed by atoms with Gasteiger partial charge in [0.25, 0.3) is 5.69 Å². The maximum Gasteiger partial charge on any atom is 0.281 e. The molecule has 7 heteroatoms. The summed E-state index contributed by atoms with van der Waals surface area (Å²) in [5, 5.41) is 20.9. The zero-order chi connectivity index (χ0) is 16.6. The van der Waals surface area contributed by atoms with Gasteiger partial charge in [-0.2, -0.15) is 0 Å². The van der Waals surface area contributed by atoms with Gasteiger partial charge < -0.3 is 14.3 Å². The average molecular weight is 313 g/mol. The summed E-state index contributed by atoms with van der Waals surface area (Å²) < 4.78 is 10.3. The fraction of sp³-hybridized carbons (Fsp3) is 0.0625. The van der Waals surface area contributed by atoms with Gasteiger partial charge >= 0.3 is 0 Å². The van der Waals surface area contributed by atoms with E-state index in [4.69, 9.17) is 9.15 Å². The maximum absolute atomic E-state index is 12.6. The molecule has 0 spiro atoms. The van der Waals surface area contributed by atoms with Crippen molar-refractivity contribution >= 4 is 16.7 Å². The van der Waals surface area contributed by atoms with Gasteiger partial charge in [-0.05, 0) is 24.3 Å². The van der Waals surface area contributed by atoms with Crippen LogP contribution in [0.1, 0.15) is 0 Å². The van der Waals surface area contributed by atoms with Crippen LogP contribution in [0, 0.1) is 10.1 Å². The van der Waals surface area contributed by atoms with Crippen molar-refractivity contribution in [2.24, 2.45) is 0 Å². The predicted molar refractivity (Wildman–Crippen MR) is 82.8 cm³/mol. The van der Waals surface area contributed by atoms with Crippen LogP contribution in [0.2, 0.25) is 0 Å². The van der Waals surface area contributed by atoms with E-state index in [0.717, 1.165) is 6.26 Å². The number of hydrogen-bond acceptors (Lipinski definition) is 6. The topological polar surface area (TPSA) is 103 Å². The molecular weight excluding hydrogens is 302 g/mol. The first-order chi connectivity index (χ1) is 11.0. The van der Waals surface area contributed by atoms with Crippen LogP contribution in [0.25, 0.3) is 22.1 Å². The highest BCUT2D eigenvalue weighted by atomic mass is 16.6. The Balaban J connectivity index is 2.29. The van der Waals surface area contributed by atoms with E-state index < -0.39 is 10.4 Å². The van der Waals surface area contributed by atoms with Crippen LogP contribution in [0.15, 0.2) is 51.9 Å². The Morgan fingerprint density at radius 3 is 2.65 bits per heavy atom. The largest absolute Gasteiger partial charge is 0.508 e. The van der Waals surface area contributed by atoms with Crippen LogP contribution in [-0.4, -0.2) is 17.1 Å². The van der Waals surface area contributed by atoms with Crippen molar-refractivity contribution in [3.63, 3.8) is 0 Å². The van der Waals surface area contributed by atoms with E-state index in [0.29, 0.717) is 5.75 Å². The van der Waals surface area contributed by atoms with Crippen molar-refractivity contribution in [1.82, 2.24) is 0 Å². The molecule has 2 aromatic carbocycles. The number of aromatic hydroxyl groups is 1. The van der Waals surface area contributed by atoms with Crippen LogP contribution in [0.4, 0.5) is 5.69 Å². The number of ether oxygens (including phenoxy) is 1. The summed E-state index contributed by atoms with van der Waals surface area (Å²) in [5.41, 5.74) is -0.263. The van der Waals surface area contributed by atoms with Crippen molar-refractivity contribution in [3.05, 3.63) is 63.0 Å². The van der Waals surface area contributed by atoms with E-state index in [2.05, 4.69) is 0 Å². The second kappa shape index (κ2) is 5.45.